The number of thioether (sulfide) groups is 1. The SMILES string of the molecule is O=C(O)CNC(=O)NCCCCC1CCSC1. The van der Waals surface area contributed by atoms with Crippen molar-refractivity contribution < 1.29 is 14.7 Å². The van der Waals surface area contributed by atoms with Crippen molar-refractivity contribution in [3.8, 4) is 0 Å². The maximum Gasteiger partial charge on any atom is 0.323 e. The lowest BCUT2D eigenvalue weighted by molar-refractivity contribution is -0.135. The van der Waals surface area contributed by atoms with Gasteiger partial charge in [-0.2, -0.15) is 11.8 Å². The van der Waals surface area contributed by atoms with Crippen LogP contribution in [0.25, 0.3) is 0 Å². The van der Waals surface area contributed by atoms with Crippen LogP contribution in [0.2, 0.25) is 0 Å². The summed E-state index contributed by atoms with van der Waals surface area (Å²) < 4.78 is 0. The van der Waals surface area contributed by atoms with Gasteiger partial charge in [0, 0.05) is 6.54 Å². The summed E-state index contributed by atoms with van der Waals surface area (Å²) in [5, 5.41) is 13.3. The number of unbranched alkanes of at least 4 members (excludes halogenated alkanes) is 1. The average Bonchev–Trinajstić information content (AvgIpc) is 2.79. The van der Waals surface area contributed by atoms with Gasteiger partial charge in [0.1, 0.15) is 6.54 Å². The van der Waals surface area contributed by atoms with Crippen molar-refractivity contribution in [1.82, 2.24) is 10.6 Å². The molecule has 0 bridgehead atoms. The van der Waals surface area contributed by atoms with E-state index in [9.17, 15) is 9.59 Å². The molecule has 2 amide bonds. The van der Waals surface area contributed by atoms with E-state index in [1.807, 2.05) is 11.8 Å². The highest BCUT2D eigenvalue weighted by Crippen LogP contribution is 2.27. The Morgan fingerprint density at radius 1 is 1.29 bits per heavy atom. The zero-order chi connectivity index (χ0) is 12.5. The fraction of sp³-hybridized carbons (Fsp3) is 0.818. The Morgan fingerprint density at radius 3 is 2.76 bits per heavy atom. The number of carbonyl (C=O) groups excluding carboxylic acids is 1. The summed E-state index contributed by atoms with van der Waals surface area (Å²) in [5.41, 5.74) is 0. The lowest BCUT2D eigenvalue weighted by Gasteiger charge is -2.08. The third kappa shape index (κ3) is 7.10. The van der Waals surface area contributed by atoms with Crippen LogP contribution in [-0.2, 0) is 4.79 Å². The molecule has 0 aromatic rings. The number of aliphatic carboxylic acids is 1. The van der Waals surface area contributed by atoms with E-state index in [-0.39, 0.29) is 6.54 Å². The van der Waals surface area contributed by atoms with Crippen LogP contribution in [0.5, 0.6) is 0 Å². The van der Waals surface area contributed by atoms with E-state index in [1.54, 1.807) is 0 Å². The Balaban J connectivity index is 1.89. The van der Waals surface area contributed by atoms with Crippen LogP contribution in [0, 0.1) is 5.92 Å². The largest absolute Gasteiger partial charge is 0.480 e. The fourth-order valence-corrected chi connectivity index (χ4v) is 3.12. The summed E-state index contributed by atoms with van der Waals surface area (Å²) in [7, 11) is 0. The standard InChI is InChI=1S/C11H20N2O3S/c14-10(15)7-13-11(16)12-5-2-1-3-9-4-6-17-8-9/h9H,1-8H2,(H,14,15)(H2,12,13,16). The number of amides is 2. The molecule has 98 valence electrons. The van der Waals surface area contributed by atoms with Crippen molar-refractivity contribution in [2.24, 2.45) is 5.92 Å². The maximum absolute atomic E-state index is 11.1. The van der Waals surface area contributed by atoms with Gasteiger partial charge in [-0.1, -0.05) is 6.42 Å². The Morgan fingerprint density at radius 2 is 2.12 bits per heavy atom. The minimum Gasteiger partial charge on any atom is -0.480 e. The predicted octanol–water partition coefficient (Wildman–Crippen LogP) is 1.29. The summed E-state index contributed by atoms with van der Waals surface area (Å²) in [6, 6.07) is -0.399. The van der Waals surface area contributed by atoms with Crippen molar-refractivity contribution in [1.29, 1.82) is 0 Å². The zero-order valence-corrected chi connectivity index (χ0v) is 10.7. The van der Waals surface area contributed by atoms with Crippen LogP contribution in [0.3, 0.4) is 0 Å². The van der Waals surface area contributed by atoms with E-state index in [0.717, 1.165) is 18.8 Å². The summed E-state index contributed by atoms with van der Waals surface area (Å²) in [5.74, 6) is 2.41. The number of urea groups is 1. The third-order valence-electron chi connectivity index (χ3n) is 2.75. The second-order valence-corrected chi connectivity index (χ2v) is 5.38. The van der Waals surface area contributed by atoms with Crippen LogP contribution in [-0.4, -0.2) is 41.7 Å². The minimum atomic E-state index is -1.03. The molecule has 1 rings (SSSR count). The molecule has 3 N–H and O–H groups in total. The monoisotopic (exact) mass is 260 g/mol. The number of hydrogen-bond acceptors (Lipinski definition) is 3. The van der Waals surface area contributed by atoms with Gasteiger partial charge in [-0.05, 0) is 36.7 Å². The molecule has 1 aliphatic rings. The Bertz CT molecular complexity index is 255. The highest BCUT2D eigenvalue weighted by molar-refractivity contribution is 7.99. The van der Waals surface area contributed by atoms with Gasteiger partial charge in [-0.25, -0.2) is 4.79 Å². The van der Waals surface area contributed by atoms with Crippen molar-refractivity contribution in [2.45, 2.75) is 25.7 Å². The van der Waals surface area contributed by atoms with Gasteiger partial charge >= 0.3 is 12.0 Å². The summed E-state index contributed by atoms with van der Waals surface area (Å²) >= 11 is 2.02. The molecule has 0 saturated carbocycles. The molecule has 1 saturated heterocycles. The van der Waals surface area contributed by atoms with E-state index in [1.165, 1.54) is 24.3 Å². The van der Waals surface area contributed by atoms with E-state index in [4.69, 9.17) is 5.11 Å². The molecule has 0 radical (unpaired) electrons. The lowest BCUT2D eigenvalue weighted by atomic mass is 10.0. The van der Waals surface area contributed by atoms with Gasteiger partial charge in [0.25, 0.3) is 0 Å². The van der Waals surface area contributed by atoms with Gasteiger partial charge in [0.2, 0.25) is 0 Å². The first-order valence-electron chi connectivity index (χ1n) is 5.99. The lowest BCUT2D eigenvalue weighted by Crippen LogP contribution is -2.38. The molecule has 1 fully saturated rings. The quantitative estimate of drug-likeness (QED) is 0.603. The molecule has 5 nitrogen and oxygen atoms in total. The van der Waals surface area contributed by atoms with E-state index in [0.29, 0.717) is 6.54 Å². The molecule has 0 aliphatic carbocycles. The van der Waals surface area contributed by atoms with Crippen LogP contribution in [0.4, 0.5) is 4.79 Å². The average molecular weight is 260 g/mol. The van der Waals surface area contributed by atoms with Crippen LogP contribution < -0.4 is 10.6 Å². The molecule has 0 spiro atoms. The van der Waals surface area contributed by atoms with Gasteiger partial charge in [-0.3, -0.25) is 4.79 Å². The fourth-order valence-electron chi connectivity index (χ4n) is 1.79. The first-order valence-corrected chi connectivity index (χ1v) is 7.15. The number of carbonyl (C=O) groups is 2. The molecular weight excluding hydrogens is 240 g/mol. The van der Waals surface area contributed by atoms with Crippen molar-refractivity contribution in [3.05, 3.63) is 0 Å². The number of nitrogens with one attached hydrogen (secondary N) is 2. The van der Waals surface area contributed by atoms with Crippen molar-refractivity contribution in [2.75, 3.05) is 24.6 Å². The minimum absolute atomic E-state index is 0.328. The number of carboxylic acid groups (broad SMARTS) is 1. The maximum atomic E-state index is 11.1. The molecular formula is C11H20N2O3S. The van der Waals surface area contributed by atoms with E-state index >= 15 is 0 Å². The topological polar surface area (TPSA) is 78.4 Å². The Labute approximate surface area is 106 Å². The Kier molecular flexibility index (Phi) is 6.84. The van der Waals surface area contributed by atoms with Gasteiger partial charge in [0.05, 0.1) is 0 Å². The van der Waals surface area contributed by atoms with Crippen molar-refractivity contribution >= 4 is 23.8 Å². The molecule has 0 aromatic carbocycles. The smallest absolute Gasteiger partial charge is 0.323 e. The first kappa shape index (κ1) is 14.2. The third-order valence-corrected chi connectivity index (χ3v) is 3.98. The van der Waals surface area contributed by atoms with Crippen LogP contribution in [0.15, 0.2) is 0 Å². The zero-order valence-electron chi connectivity index (χ0n) is 9.91. The van der Waals surface area contributed by atoms with E-state index < -0.39 is 12.0 Å². The first-order chi connectivity index (χ1) is 8.18. The van der Waals surface area contributed by atoms with Gasteiger partial charge in [0.15, 0.2) is 0 Å². The Hall–Kier alpha value is -0.910. The second-order valence-electron chi connectivity index (χ2n) is 4.23. The summed E-state index contributed by atoms with van der Waals surface area (Å²) in [6.45, 7) is 0.288. The molecule has 1 atom stereocenters. The summed E-state index contributed by atoms with van der Waals surface area (Å²) in [6.07, 6.45) is 4.66. The summed E-state index contributed by atoms with van der Waals surface area (Å²) in [4.78, 5) is 21.3. The highest BCUT2D eigenvalue weighted by Gasteiger charge is 2.14. The molecule has 1 aliphatic heterocycles. The normalized spacial score (nSPS) is 18.9. The highest BCUT2D eigenvalue weighted by atomic mass is 32.2. The predicted molar refractivity (Wildman–Crippen MR) is 68.3 cm³/mol. The van der Waals surface area contributed by atoms with E-state index in [2.05, 4.69) is 10.6 Å². The number of rotatable bonds is 7. The van der Waals surface area contributed by atoms with Gasteiger partial charge < -0.3 is 15.7 Å². The molecule has 6 heteroatoms. The molecule has 17 heavy (non-hydrogen) atoms. The number of hydrogen-bond donors (Lipinski definition) is 3. The molecule has 0 aromatic heterocycles. The van der Waals surface area contributed by atoms with Crippen molar-refractivity contribution in [3.63, 3.8) is 0 Å². The second kappa shape index (κ2) is 8.22. The number of carboxylic acids is 1. The molecule has 1 unspecified atom stereocenters. The molecule has 1 heterocycles. The van der Waals surface area contributed by atoms with Crippen LogP contribution >= 0.6 is 11.8 Å². The van der Waals surface area contributed by atoms with Gasteiger partial charge in [-0.15, -0.1) is 0 Å². The van der Waals surface area contributed by atoms with Crippen LogP contribution in [0.1, 0.15) is 25.7 Å².